The van der Waals surface area contributed by atoms with Crippen LogP contribution in [0.5, 0.6) is 0 Å². The quantitative estimate of drug-likeness (QED) is 0.0826. The van der Waals surface area contributed by atoms with Crippen LogP contribution in [0.2, 0.25) is 0 Å². The second-order valence-electron chi connectivity index (χ2n) is 12.1. The van der Waals surface area contributed by atoms with Crippen LogP contribution in [0.4, 0.5) is 0 Å². The van der Waals surface area contributed by atoms with Crippen LogP contribution in [0.15, 0.2) is 25.3 Å². The number of carbonyl (C=O) groups is 2. The summed E-state index contributed by atoms with van der Waals surface area (Å²) >= 11 is 0. The van der Waals surface area contributed by atoms with Crippen molar-refractivity contribution >= 4 is 19.8 Å². The monoisotopic (exact) mass is 550 g/mol. The van der Waals surface area contributed by atoms with Crippen LogP contribution in [-0.2, 0) is 28.5 Å². The summed E-state index contributed by atoms with van der Waals surface area (Å²) in [5, 5.41) is 0. The van der Waals surface area contributed by atoms with Crippen molar-refractivity contribution in [3.05, 3.63) is 25.3 Å². The van der Waals surface area contributed by atoms with Crippen molar-refractivity contribution in [1.29, 1.82) is 0 Å². The first-order valence-electron chi connectivity index (χ1n) is 15.1. The van der Waals surface area contributed by atoms with Gasteiger partial charge < -0.3 is 18.9 Å². The Morgan fingerprint density at radius 2 is 1.46 bits per heavy atom. The molecule has 0 radical (unpaired) electrons. The zero-order valence-electron chi connectivity index (χ0n) is 27.0. The number of esters is 2. The topological polar surface area (TPSA) is 71.1 Å². The summed E-state index contributed by atoms with van der Waals surface area (Å²) in [6.07, 6.45) is 10.0. The highest BCUT2D eigenvalue weighted by atomic mass is 16.6. The van der Waals surface area contributed by atoms with Crippen LogP contribution < -0.4 is 0 Å². The molecule has 0 amide bonds. The largest absolute Gasteiger partial charge is 0.459 e. The van der Waals surface area contributed by atoms with Gasteiger partial charge in [0, 0.05) is 37.1 Å². The van der Waals surface area contributed by atoms with Gasteiger partial charge >= 0.3 is 11.9 Å². The minimum atomic E-state index is -0.635. The molecule has 0 N–H and O–H groups in total. The third kappa shape index (κ3) is 11.8. The Bertz CT molecular complexity index is 762. The van der Waals surface area contributed by atoms with E-state index in [1.165, 1.54) is 12.2 Å². The Balaban J connectivity index is 6.02. The number of ether oxygens (including phenoxy) is 4. The third-order valence-electron chi connectivity index (χ3n) is 8.94. The van der Waals surface area contributed by atoms with Crippen molar-refractivity contribution in [3.63, 3.8) is 0 Å². The molecule has 4 atom stereocenters. The smallest absolute Gasteiger partial charge is 0.330 e. The van der Waals surface area contributed by atoms with Gasteiger partial charge in [0.1, 0.15) is 19.6 Å². The van der Waals surface area contributed by atoms with Gasteiger partial charge in [-0.2, -0.15) is 0 Å². The molecule has 0 heterocycles. The first kappa shape index (κ1) is 37.4. The highest BCUT2D eigenvalue weighted by Gasteiger charge is 2.51. The lowest BCUT2D eigenvalue weighted by atomic mass is 9.52. The van der Waals surface area contributed by atoms with E-state index in [4.69, 9.17) is 18.9 Å². The predicted molar refractivity (Wildman–Crippen MR) is 164 cm³/mol. The first-order valence-corrected chi connectivity index (χ1v) is 15.1. The molecule has 0 aliphatic rings. The van der Waals surface area contributed by atoms with Crippen molar-refractivity contribution in [2.75, 3.05) is 13.2 Å². The summed E-state index contributed by atoms with van der Waals surface area (Å²) in [6.45, 7) is 27.2. The van der Waals surface area contributed by atoms with Crippen molar-refractivity contribution < 1.29 is 28.5 Å². The van der Waals surface area contributed by atoms with Crippen LogP contribution in [0.3, 0.4) is 0 Å². The minimum absolute atomic E-state index is 0.116. The van der Waals surface area contributed by atoms with Crippen molar-refractivity contribution in [2.45, 2.75) is 143 Å². The molecular formula is C32H59BO6. The summed E-state index contributed by atoms with van der Waals surface area (Å²) in [6, 6.07) is 0. The molecule has 0 aromatic rings. The van der Waals surface area contributed by atoms with E-state index in [9.17, 15) is 9.59 Å². The highest BCUT2D eigenvalue weighted by molar-refractivity contribution is 6.15. The zero-order valence-corrected chi connectivity index (χ0v) is 27.0. The molecule has 0 rings (SSSR count). The molecule has 0 saturated carbocycles. The lowest BCUT2D eigenvalue weighted by molar-refractivity contribution is -0.163. The normalized spacial score (nSPS) is 16.8. The SMILES string of the molecule is BC(CC)(OCCC(C)OC(=O)C=C)C(CC)(CC(C)CC)CC(CC)(CC)OCCC(C)(C)OC(=O)C=C. The van der Waals surface area contributed by atoms with E-state index in [2.05, 4.69) is 62.5 Å². The number of hydrogen-bond acceptors (Lipinski definition) is 6. The summed E-state index contributed by atoms with van der Waals surface area (Å²) < 4.78 is 24.4. The number of rotatable bonds is 22. The molecule has 226 valence electrons. The second kappa shape index (κ2) is 17.3. The zero-order chi connectivity index (χ0) is 30.3. The van der Waals surface area contributed by atoms with Gasteiger partial charge in [0.05, 0.1) is 12.2 Å². The van der Waals surface area contributed by atoms with E-state index in [0.29, 0.717) is 32.0 Å². The molecule has 0 aromatic heterocycles. The summed E-state index contributed by atoms with van der Waals surface area (Å²) in [5.41, 5.74) is -1.46. The molecule has 7 heteroatoms. The fourth-order valence-corrected chi connectivity index (χ4v) is 5.57. The lowest BCUT2D eigenvalue weighted by Crippen LogP contribution is -2.55. The van der Waals surface area contributed by atoms with Gasteiger partial charge in [0.25, 0.3) is 0 Å². The number of carbonyl (C=O) groups excluding carboxylic acids is 2. The van der Waals surface area contributed by atoms with Gasteiger partial charge in [-0.15, -0.1) is 0 Å². The van der Waals surface area contributed by atoms with Gasteiger partial charge in [-0.05, 0) is 70.6 Å². The van der Waals surface area contributed by atoms with Crippen LogP contribution in [0.25, 0.3) is 0 Å². The van der Waals surface area contributed by atoms with E-state index >= 15 is 0 Å². The van der Waals surface area contributed by atoms with E-state index < -0.39 is 17.5 Å². The van der Waals surface area contributed by atoms with Gasteiger partial charge in [-0.3, -0.25) is 0 Å². The first-order chi connectivity index (χ1) is 18.2. The van der Waals surface area contributed by atoms with Crippen molar-refractivity contribution in [1.82, 2.24) is 0 Å². The molecule has 0 fully saturated rings. The van der Waals surface area contributed by atoms with Crippen LogP contribution >= 0.6 is 0 Å². The Kier molecular flexibility index (Phi) is 16.6. The fourth-order valence-electron chi connectivity index (χ4n) is 5.57. The van der Waals surface area contributed by atoms with Crippen LogP contribution in [-0.4, -0.2) is 55.8 Å². The predicted octanol–water partition coefficient (Wildman–Crippen LogP) is 6.95. The molecule has 39 heavy (non-hydrogen) atoms. The Labute approximate surface area is 241 Å². The average Bonchev–Trinajstić information content (AvgIpc) is 2.90. The van der Waals surface area contributed by atoms with Gasteiger partial charge in [-0.25, -0.2) is 9.59 Å². The van der Waals surface area contributed by atoms with Crippen LogP contribution in [0, 0.1) is 11.3 Å². The standard InChI is InChI=1S/C32H59BO6/c1-12-25(8)23-30(15-4,32(33,18-7)37-21-19-26(9)38-27(34)13-2)24-31(16-5,17-6)36-22-20-29(10,11)39-28(35)14-3/h13-14,25-26H,2-3,12,15-24,33H2,1,4-11H3. The van der Waals surface area contributed by atoms with Gasteiger partial charge in [0.15, 0.2) is 0 Å². The summed E-state index contributed by atoms with van der Waals surface area (Å²) in [4.78, 5) is 23.4. The Hall–Kier alpha value is -1.60. The van der Waals surface area contributed by atoms with E-state index in [0.717, 1.165) is 44.9 Å². The molecule has 0 aliphatic heterocycles. The second-order valence-corrected chi connectivity index (χ2v) is 12.1. The van der Waals surface area contributed by atoms with E-state index in [-0.39, 0.29) is 22.6 Å². The molecule has 0 saturated heterocycles. The molecule has 6 nitrogen and oxygen atoms in total. The maximum absolute atomic E-state index is 11.8. The average molecular weight is 551 g/mol. The Morgan fingerprint density at radius 3 is 1.92 bits per heavy atom. The maximum atomic E-state index is 11.8. The molecule has 4 unspecified atom stereocenters. The van der Waals surface area contributed by atoms with E-state index in [1.807, 2.05) is 20.8 Å². The molecule has 0 aliphatic carbocycles. The van der Waals surface area contributed by atoms with E-state index in [1.54, 1.807) is 0 Å². The fraction of sp³-hybridized carbons (Fsp3) is 0.812. The summed E-state index contributed by atoms with van der Waals surface area (Å²) in [7, 11) is 2.26. The Morgan fingerprint density at radius 1 is 0.872 bits per heavy atom. The maximum Gasteiger partial charge on any atom is 0.330 e. The highest BCUT2D eigenvalue weighted by Crippen LogP contribution is 2.51. The molecule has 0 spiro atoms. The number of hydrogen-bond donors (Lipinski definition) is 0. The van der Waals surface area contributed by atoms with Crippen molar-refractivity contribution in [3.8, 4) is 0 Å². The molecular weight excluding hydrogens is 491 g/mol. The minimum Gasteiger partial charge on any atom is -0.459 e. The third-order valence-corrected chi connectivity index (χ3v) is 8.94. The summed E-state index contributed by atoms with van der Waals surface area (Å²) in [5.74, 6) is -0.286. The molecule has 0 bridgehead atoms. The van der Waals surface area contributed by atoms with Gasteiger partial charge in [0.2, 0.25) is 0 Å². The molecule has 0 aromatic carbocycles. The van der Waals surface area contributed by atoms with Crippen LogP contribution in [0.1, 0.15) is 120 Å². The van der Waals surface area contributed by atoms with Gasteiger partial charge in [-0.1, -0.05) is 61.1 Å². The van der Waals surface area contributed by atoms with Crippen molar-refractivity contribution in [2.24, 2.45) is 11.3 Å². The lowest BCUT2D eigenvalue weighted by Gasteiger charge is -2.54.